The lowest BCUT2D eigenvalue weighted by atomic mass is 9.96. The van der Waals surface area contributed by atoms with Gasteiger partial charge in [0, 0.05) is 4.47 Å². The molecule has 21 heavy (non-hydrogen) atoms. The number of amides is 2. The Morgan fingerprint density at radius 1 is 1.33 bits per heavy atom. The number of hydrogen-bond acceptors (Lipinski definition) is 3. The number of ether oxygens (including phenoxy) is 1. The number of rotatable bonds is 3. The molecular weight excluding hydrogens is 340 g/mol. The van der Waals surface area contributed by atoms with E-state index in [0.29, 0.717) is 4.47 Å². The Morgan fingerprint density at radius 3 is 2.76 bits per heavy atom. The summed E-state index contributed by atoms with van der Waals surface area (Å²) in [6, 6.07) is 4.24. The molecule has 2 fully saturated rings. The molecule has 2 aliphatic heterocycles. The van der Waals surface area contributed by atoms with Gasteiger partial charge in [0.15, 0.2) is 0 Å². The number of urea groups is 1. The highest BCUT2D eigenvalue weighted by molar-refractivity contribution is 9.10. The number of carbonyl (C=O) groups excluding carboxylic acids is 1. The number of carbonyl (C=O) groups is 2. The van der Waals surface area contributed by atoms with Gasteiger partial charge in [-0.25, -0.2) is 9.59 Å². The first-order chi connectivity index (χ1) is 10.0. The highest BCUT2D eigenvalue weighted by atomic mass is 79.9. The molecule has 0 radical (unpaired) electrons. The van der Waals surface area contributed by atoms with E-state index < -0.39 is 12.0 Å². The van der Waals surface area contributed by atoms with Gasteiger partial charge >= 0.3 is 12.0 Å². The van der Waals surface area contributed by atoms with Crippen LogP contribution >= 0.6 is 15.9 Å². The normalized spacial score (nSPS) is 26.6. The number of anilines is 1. The van der Waals surface area contributed by atoms with Crippen LogP contribution in [-0.4, -0.2) is 35.4 Å². The molecular formula is C14H15BrN2O4. The van der Waals surface area contributed by atoms with Crippen LogP contribution in [0.1, 0.15) is 29.6 Å². The number of fused-ring (bicyclic) bond motifs is 2. The fourth-order valence-electron chi connectivity index (χ4n) is 2.92. The summed E-state index contributed by atoms with van der Waals surface area (Å²) < 4.78 is 6.37. The Morgan fingerprint density at radius 2 is 2.14 bits per heavy atom. The molecule has 112 valence electrons. The van der Waals surface area contributed by atoms with Crippen LogP contribution in [0.4, 0.5) is 10.5 Å². The van der Waals surface area contributed by atoms with E-state index in [1.54, 1.807) is 12.1 Å². The molecule has 0 saturated carbocycles. The van der Waals surface area contributed by atoms with Crippen molar-refractivity contribution in [1.82, 2.24) is 5.32 Å². The largest absolute Gasteiger partial charge is 0.478 e. The monoisotopic (exact) mass is 354 g/mol. The van der Waals surface area contributed by atoms with Gasteiger partial charge in [0.2, 0.25) is 0 Å². The van der Waals surface area contributed by atoms with Crippen LogP contribution in [0.15, 0.2) is 22.7 Å². The van der Waals surface area contributed by atoms with Gasteiger partial charge in [-0.3, -0.25) is 0 Å². The van der Waals surface area contributed by atoms with Crippen molar-refractivity contribution >= 4 is 33.6 Å². The molecule has 2 bridgehead atoms. The van der Waals surface area contributed by atoms with Crippen molar-refractivity contribution in [3.05, 3.63) is 28.2 Å². The maximum Gasteiger partial charge on any atom is 0.337 e. The van der Waals surface area contributed by atoms with Crippen molar-refractivity contribution in [2.45, 2.75) is 37.5 Å². The first-order valence-corrected chi connectivity index (χ1v) is 7.58. The maximum atomic E-state index is 12.0. The molecule has 0 aromatic heterocycles. The summed E-state index contributed by atoms with van der Waals surface area (Å²) >= 11 is 3.27. The van der Waals surface area contributed by atoms with Gasteiger partial charge in [0.05, 0.1) is 29.5 Å². The predicted molar refractivity (Wildman–Crippen MR) is 79.6 cm³/mol. The van der Waals surface area contributed by atoms with Gasteiger partial charge in [-0.05, 0) is 37.5 Å². The molecule has 3 N–H and O–H groups in total. The van der Waals surface area contributed by atoms with E-state index in [1.807, 2.05) is 0 Å². The summed E-state index contributed by atoms with van der Waals surface area (Å²) in [5.41, 5.74) is 0.316. The van der Waals surface area contributed by atoms with Crippen LogP contribution in [-0.2, 0) is 4.74 Å². The second kappa shape index (κ2) is 5.65. The third-order valence-electron chi connectivity index (χ3n) is 3.88. The Bertz CT molecular complexity index is 592. The summed E-state index contributed by atoms with van der Waals surface area (Å²) in [4.78, 5) is 23.2. The van der Waals surface area contributed by atoms with Crippen LogP contribution in [0.3, 0.4) is 0 Å². The fraction of sp³-hybridized carbons (Fsp3) is 0.429. The average molecular weight is 355 g/mol. The summed E-state index contributed by atoms with van der Waals surface area (Å²) in [5, 5.41) is 14.6. The number of benzene rings is 1. The Kier molecular flexibility index (Phi) is 3.86. The minimum atomic E-state index is -1.08. The quantitative estimate of drug-likeness (QED) is 0.778. The lowest BCUT2D eigenvalue weighted by Crippen LogP contribution is -2.43. The van der Waals surface area contributed by atoms with Gasteiger partial charge in [-0.1, -0.05) is 15.9 Å². The van der Waals surface area contributed by atoms with Gasteiger partial charge in [0.25, 0.3) is 0 Å². The highest BCUT2D eigenvalue weighted by Crippen LogP contribution is 2.34. The van der Waals surface area contributed by atoms with Crippen LogP contribution in [0.25, 0.3) is 0 Å². The Labute approximate surface area is 130 Å². The molecule has 7 heteroatoms. The molecule has 1 aromatic rings. The van der Waals surface area contributed by atoms with Gasteiger partial charge in [0.1, 0.15) is 0 Å². The lowest BCUT2D eigenvalue weighted by Gasteiger charge is -2.20. The summed E-state index contributed by atoms with van der Waals surface area (Å²) in [7, 11) is 0. The lowest BCUT2D eigenvalue weighted by molar-refractivity contribution is 0.0698. The van der Waals surface area contributed by atoms with Crippen LogP contribution in [0.2, 0.25) is 0 Å². The first kappa shape index (κ1) is 14.3. The minimum absolute atomic E-state index is 0.00387. The van der Waals surface area contributed by atoms with Crippen molar-refractivity contribution in [3.63, 3.8) is 0 Å². The van der Waals surface area contributed by atoms with Gasteiger partial charge in [-0.2, -0.15) is 0 Å². The average Bonchev–Trinajstić information content (AvgIpc) is 3.00. The van der Waals surface area contributed by atoms with E-state index in [4.69, 9.17) is 9.84 Å². The van der Waals surface area contributed by atoms with Gasteiger partial charge < -0.3 is 20.5 Å². The second-order valence-corrected chi connectivity index (χ2v) is 6.23. The molecule has 2 amide bonds. The summed E-state index contributed by atoms with van der Waals surface area (Å²) in [5.74, 6) is -1.08. The second-order valence-electron chi connectivity index (χ2n) is 5.31. The van der Waals surface area contributed by atoms with E-state index in [9.17, 15) is 9.59 Å². The third kappa shape index (κ3) is 3.03. The van der Waals surface area contributed by atoms with Crippen LogP contribution in [0, 0.1) is 0 Å². The van der Waals surface area contributed by atoms with Crippen molar-refractivity contribution in [1.29, 1.82) is 0 Å². The number of carboxylic acids is 1. The Balaban J connectivity index is 1.67. The van der Waals surface area contributed by atoms with Crippen molar-refractivity contribution in [2.75, 3.05) is 5.32 Å². The zero-order chi connectivity index (χ0) is 15.0. The SMILES string of the molecule is O=C(Nc1cc(Br)ccc1C(=O)O)NC1CC2CCC1O2. The summed E-state index contributed by atoms with van der Waals surface area (Å²) in [6.07, 6.45) is 3.18. The maximum absolute atomic E-state index is 12.0. The Hall–Kier alpha value is -1.60. The predicted octanol–water partition coefficient (Wildman–Crippen LogP) is 2.59. The number of halogens is 1. The molecule has 0 aliphatic carbocycles. The zero-order valence-corrected chi connectivity index (χ0v) is 12.7. The molecule has 2 saturated heterocycles. The third-order valence-corrected chi connectivity index (χ3v) is 4.38. The topological polar surface area (TPSA) is 87.7 Å². The van der Waals surface area contributed by atoms with Crippen molar-refractivity contribution in [3.8, 4) is 0 Å². The van der Waals surface area contributed by atoms with E-state index in [2.05, 4.69) is 26.6 Å². The van der Waals surface area contributed by atoms with Crippen LogP contribution in [0.5, 0.6) is 0 Å². The van der Waals surface area contributed by atoms with Gasteiger partial charge in [-0.15, -0.1) is 0 Å². The number of hydrogen-bond donors (Lipinski definition) is 3. The number of aromatic carboxylic acids is 1. The molecule has 3 atom stereocenters. The van der Waals surface area contributed by atoms with Crippen molar-refractivity contribution in [2.24, 2.45) is 0 Å². The molecule has 2 heterocycles. The molecule has 3 rings (SSSR count). The standard InChI is InChI=1S/C14H15BrN2O4/c15-7-1-3-9(13(18)19)10(5-7)16-14(20)17-11-6-8-2-4-12(11)21-8/h1,3,5,8,11-12H,2,4,6H2,(H,18,19)(H2,16,17,20). The number of carboxylic acid groups (broad SMARTS) is 1. The molecule has 2 aliphatic rings. The number of nitrogens with one attached hydrogen (secondary N) is 2. The first-order valence-electron chi connectivity index (χ1n) is 6.79. The molecule has 0 spiro atoms. The van der Waals surface area contributed by atoms with Crippen molar-refractivity contribution < 1.29 is 19.4 Å². The molecule has 3 unspecified atom stereocenters. The minimum Gasteiger partial charge on any atom is -0.478 e. The molecule has 6 nitrogen and oxygen atoms in total. The van der Waals surface area contributed by atoms with E-state index in [1.165, 1.54) is 6.07 Å². The smallest absolute Gasteiger partial charge is 0.337 e. The van der Waals surface area contributed by atoms with E-state index in [-0.39, 0.29) is 29.5 Å². The summed E-state index contributed by atoms with van der Waals surface area (Å²) in [6.45, 7) is 0. The zero-order valence-electron chi connectivity index (χ0n) is 11.1. The highest BCUT2D eigenvalue weighted by Gasteiger charge is 2.41. The van der Waals surface area contributed by atoms with Crippen LogP contribution < -0.4 is 10.6 Å². The molecule has 1 aromatic carbocycles. The fourth-order valence-corrected chi connectivity index (χ4v) is 3.28. The van der Waals surface area contributed by atoms with E-state index in [0.717, 1.165) is 19.3 Å². The van der Waals surface area contributed by atoms with E-state index >= 15 is 0 Å².